The van der Waals surface area contributed by atoms with Gasteiger partial charge < -0.3 is 20.5 Å². The molecule has 196 valence electrons. The van der Waals surface area contributed by atoms with E-state index in [-0.39, 0.29) is 27.8 Å². The van der Waals surface area contributed by atoms with Crippen LogP contribution in [0, 0.1) is 0 Å². The molecule has 0 unspecified atom stereocenters. The van der Waals surface area contributed by atoms with Crippen molar-refractivity contribution in [2.45, 2.75) is 39.0 Å². The number of anilines is 1. The SMILES string of the molecule is CC(C)(C)OC(=O)N[C@H](CNC(=O)c1ccc(N(Cc2cccc(Cl)c2Cl)S(C)(=O)=O)cc1)C(=O)O. The van der Waals surface area contributed by atoms with Crippen LogP contribution in [0.2, 0.25) is 10.0 Å². The predicted molar refractivity (Wildman–Crippen MR) is 137 cm³/mol. The van der Waals surface area contributed by atoms with Crippen molar-refractivity contribution in [2.24, 2.45) is 0 Å². The summed E-state index contributed by atoms with van der Waals surface area (Å²) in [5, 5.41) is 14.5. The number of carboxylic acids is 1. The molecule has 1 atom stereocenters. The second kappa shape index (κ2) is 11.8. The van der Waals surface area contributed by atoms with Gasteiger partial charge in [-0.2, -0.15) is 0 Å². The Hall–Kier alpha value is -3.02. The minimum absolute atomic E-state index is 0.0829. The normalized spacial score (nSPS) is 12.4. The molecule has 0 aromatic heterocycles. The molecule has 0 saturated heterocycles. The van der Waals surface area contributed by atoms with Crippen molar-refractivity contribution in [3.8, 4) is 0 Å². The molecule has 2 aromatic carbocycles. The third-order valence-corrected chi connectivity index (χ3v) is 6.62. The van der Waals surface area contributed by atoms with E-state index in [9.17, 15) is 27.9 Å². The monoisotopic (exact) mass is 559 g/mol. The van der Waals surface area contributed by atoms with Crippen LogP contribution in [0.25, 0.3) is 0 Å². The Morgan fingerprint density at radius 1 is 1.08 bits per heavy atom. The van der Waals surface area contributed by atoms with Crippen LogP contribution in [-0.2, 0) is 26.1 Å². The number of hydrogen-bond acceptors (Lipinski definition) is 6. The van der Waals surface area contributed by atoms with Crippen LogP contribution < -0.4 is 14.9 Å². The molecule has 0 fully saturated rings. The lowest BCUT2D eigenvalue weighted by Gasteiger charge is -2.23. The standard InChI is InChI=1S/C23H27Cl2N3O7S/c1-23(2,3)35-22(32)27-18(21(30)31)12-26-20(29)14-8-10-16(11-9-14)28(36(4,33)34)13-15-6-5-7-17(24)19(15)25/h5-11,18H,12-13H2,1-4H3,(H,26,29)(H,27,32)(H,30,31)/t18-/m1/s1. The minimum atomic E-state index is -3.72. The number of hydrogen-bond donors (Lipinski definition) is 3. The van der Waals surface area contributed by atoms with E-state index in [4.69, 9.17) is 27.9 Å². The molecule has 0 bridgehead atoms. The zero-order valence-corrected chi connectivity index (χ0v) is 22.4. The van der Waals surface area contributed by atoms with Crippen molar-refractivity contribution in [3.63, 3.8) is 0 Å². The highest BCUT2D eigenvalue weighted by molar-refractivity contribution is 7.92. The van der Waals surface area contributed by atoms with E-state index >= 15 is 0 Å². The molecule has 0 spiro atoms. The Kier molecular flexibility index (Phi) is 9.58. The van der Waals surface area contributed by atoms with Gasteiger partial charge in [0, 0.05) is 12.1 Å². The molecule has 0 aliphatic heterocycles. The zero-order valence-electron chi connectivity index (χ0n) is 20.0. The summed E-state index contributed by atoms with van der Waals surface area (Å²) in [4.78, 5) is 35.8. The Morgan fingerprint density at radius 3 is 2.22 bits per heavy atom. The highest BCUT2D eigenvalue weighted by atomic mass is 35.5. The number of sulfonamides is 1. The van der Waals surface area contributed by atoms with Gasteiger partial charge in [-0.05, 0) is 56.7 Å². The van der Waals surface area contributed by atoms with Gasteiger partial charge in [0.25, 0.3) is 5.91 Å². The Balaban J connectivity index is 2.12. The number of benzene rings is 2. The van der Waals surface area contributed by atoms with Crippen LogP contribution in [-0.4, -0.2) is 55.9 Å². The first-order valence-electron chi connectivity index (χ1n) is 10.6. The van der Waals surface area contributed by atoms with Crippen LogP contribution in [0.5, 0.6) is 0 Å². The number of carbonyl (C=O) groups excluding carboxylic acids is 2. The summed E-state index contributed by atoms with van der Waals surface area (Å²) in [6.45, 7) is 4.39. The fourth-order valence-corrected chi connectivity index (χ4v) is 4.21. The maximum absolute atomic E-state index is 12.5. The average Bonchev–Trinajstić information content (AvgIpc) is 2.75. The quantitative estimate of drug-likeness (QED) is 0.425. The van der Waals surface area contributed by atoms with Gasteiger partial charge in [0.1, 0.15) is 11.6 Å². The molecular formula is C23H27Cl2N3O7S. The number of carboxylic acid groups (broad SMARTS) is 1. The number of nitrogens with one attached hydrogen (secondary N) is 2. The second-order valence-electron chi connectivity index (χ2n) is 8.78. The molecule has 13 heteroatoms. The molecule has 36 heavy (non-hydrogen) atoms. The van der Waals surface area contributed by atoms with Gasteiger partial charge >= 0.3 is 12.1 Å². The van der Waals surface area contributed by atoms with Gasteiger partial charge in [-0.3, -0.25) is 9.10 Å². The topological polar surface area (TPSA) is 142 Å². The van der Waals surface area contributed by atoms with E-state index in [1.165, 1.54) is 24.3 Å². The largest absolute Gasteiger partial charge is 0.480 e. The lowest BCUT2D eigenvalue weighted by Crippen LogP contribution is -2.49. The number of amides is 2. The van der Waals surface area contributed by atoms with Crippen molar-refractivity contribution in [1.82, 2.24) is 10.6 Å². The van der Waals surface area contributed by atoms with E-state index < -0.39 is 46.2 Å². The summed E-state index contributed by atoms with van der Waals surface area (Å²) in [5.41, 5.74) is 0.0962. The highest BCUT2D eigenvalue weighted by Gasteiger charge is 2.25. The highest BCUT2D eigenvalue weighted by Crippen LogP contribution is 2.29. The summed E-state index contributed by atoms with van der Waals surface area (Å²) in [6.07, 6.45) is 0.102. The summed E-state index contributed by atoms with van der Waals surface area (Å²) in [7, 11) is -3.72. The molecule has 2 rings (SSSR count). The van der Waals surface area contributed by atoms with E-state index in [2.05, 4.69) is 10.6 Å². The zero-order chi connectivity index (χ0) is 27.3. The molecule has 0 saturated carbocycles. The van der Waals surface area contributed by atoms with Crippen LogP contribution in [0.3, 0.4) is 0 Å². The maximum atomic E-state index is 12.5. The van der Waals surface area contributed by atoms with Crippen molar-refractivity contribution in [2.75, 3.05) is 17.1 Å². The molecule has 0 aliphatic carbocycles. The summed E-state index contributed by atoms with van der Waals surface area (Å²) in [5.74, 6) is -1.98. The smallest absolute Gasteiger partial charge is 0.408 e. The molecule has 2 amide bonds. The average molecular weight is 560 g/mol. The fraction of sp³-hybridized carbons (Fsp3) is 0.348. The lowest BCUT2D eigenvalue weighted by atomic mass is 10.1. The van der Waals surface area contributed by atoms with E-state index in [1.807, 2.05) is 0 Å². The third kappa shape index (κ3) is 8.58. The first-order chi connectivity index (χ1) is 16.6. The Bertz CT molecular complexity index is 1230. The fourth-order valence-electron chi connectivity index (χ4n) is 2.95. The van der Waals surface area contributed by atoms with Crippen molar-refractivity contribution < 1.29 is 32.6 Å². The van der Waals surface area contributed by atoms with E-state index in [1.54, 1.807) is 39.0 Å². The van der Waals surface area contributed by atoms with Gasteiger partial charge in [-0.15, -0.1) is 0 Å². The van der Waals surface area contributed by atoms with Gasteiger partial charge in [-0.25, -0.2) is 18.0 Å². The van der Waals surface area contributed by atoms with Gasteiger partial charge in [0.05, 0.1) is 28.5 Å². The minimum Gasteiger partial charge on any atom is -0.480 e. The number of rotatable bonds is 9. The van der Waals surface area contributed by atoms with Crippen molar-refractivity contribution in [1.29, 1.82) is 0 Å². The van der Waals surface area contributed by atoms with E-state index in [0.717, 1.165) is 10.6 Å². The number of aliphatic carboxylic acids is 1. The lowest BCUT2D eigenvalue weighted by molar-refractivity contribution is -0.139. The number of halogens is 2. The van der Waals surface area contributed by atoms with E-state index in [0.29, 0.717) is 5.56 Å². The van der Waals surface area contributed by atoms with Crippen LogP contribution in [0.4, 0.5) is 10.5 Å². The van der Waals surface area contributed by atoms with Gasteiger partial charge in [0.2, 0.25) is 10.0 Å². The number of carbonyl (C=O) groups is 3. The Morgan fingerprint density at radius 2 is 1.69 bits per heavy atom. The summed E-state index contributed by atoms with van der Waals surface area (Å²) in [6, 6.07) is 9.11. The Labute approximate surface area is 219 Å². The maximum Gasteiger partial charge on any atom is 0.408 e. The number of ether oxygens (including phenoxy) is 1. The summed E-state index contributed by atoms with van der Waals surface area (Å²) >= 11 is 12.2. The summed E-state index contributed by atoms with van der Waals surface area (Å²) < 4.78 is 31.0. The first kappa shape index (κ1) is 29.2. The van der Waals surface area contributed by atoms with Gasteiger partial charge in [-0.1, -0.05) is 35.3 Å². The van der Waals surface area contributed by atoms with Crippen LogP contribution in [0.1, 0.15) is 36.7 Å². The number of nitrogens with zero attached hydrogens (tertiary/aromatic N) is 1. The molecular weight excluding hydrogens is 533 g/mol. The van der Waals surface area contributed by atoms with Crippen molar-refractivity contribution >= 4 is 56.9 Å². The van der Waals surface area contributed by atoms with Crippen LogP contribution >= 0.6 is 23.2 Å². The van der Waals surface area contributed by atoms with Crippen LogP contribution in [0.15, 0.2) is 42.5 Å². The molecule has 0 radical (unpaired) electrons. The molecule has 10 nitrogen and oxygen atoms in total. The number of alkyl carbamates (subject to hydrolysis) is 1. The molecule has 3 N–H and O–H groups in total. The molecule has 2 aromatic rings. The molecule has 0 heterocycles. The first-order valence-corrected chi connectivity index (χ1v) is 13.2. The van der Waals surface area contributed by atoms with Crippen molar-refractivity contribution in [3.05, 3.63) is 63.6 Å². The van der Waals surface area contributed by atoms with Gasteiger partial charge in [0.15, 0.2) is 0 Å². The second-order valence-corrected chi connectivity index (χ2v) is 11.5. The third-order valence-electron chi connectivity index (χ3n) is 4.62. The predicted octanol–water partition coefficient (Wildman–Crippen LogP) is 3.67. The molecule has 0 aliphatic rings.